The highest BCUT2D eigenvalue weighted by Crippen LogP contribution is 2.34. The van der Waals surface area contributed by atoms with Crippen LogP contribution in [0.1, 0.15) is 16.1 Å². The van der Waals surface area contributed by atoms with E-state index in [1.54, 1.807) is 36.2 Å². The Labute approximate surface area is 208 Å². The summed E-state index contributed by atoms with van der Waals surface area (Å²) in [5.74, 6) is 0.0720. The molecule has 1 aliphatic heterocycles. The van der Waals surface area contributed by atoms with E-state index in [2.05, 4.69) is 4.72 Å². The molecule has 4 aromatic rings. The number of piperazine rings is 1. The first kappa shape index (κ1) is 23.7. The van der Waals surface area contributed by atoms with E-state index >= 15 is 0 Å². The number of sulfonamides is 1. The van der Waals surface area contributed by atoms with Gasteiger partial charge in [0.25, 0.3) is 21.5 Å². The zero-order valence-corrected chi connectivity index (χ0v) is 20.8. The minimum atomic E-state index is -4.02. The van der Waals surface area contributed by atoms with Crippen LogP contribution in [0.15, 0.2) is 81.0 Å². The second-order valence-corrected chi connectivity index (χ2v) is 10.5. The first-order chi connectivity index (χ1) is 17.3. The fourth-order valence-corrected chi connectivity index (χ4v) is 5.56. The average Bonchev–Trinajstić information content (AvgIpc) is 3.42. The molecule has 1 N–H and O–H groups in total. The number of rotatable bonds is 5. The van der Waals surface area contributed by atoms with Gasteiger partial charge in [0.2, 0.25) is 0 Å². The summed E-state index contributed by atoms with van der Waals surface area (Å²) in [6.45, 7) is 3.50. The van der Waals surface area contributed by atoms with E-state index in [1.807, 2.05) is 36.1 Å². The number of hydrogen-bond donors (Lipinski definition) is 1. The van der Waals surface area contributed by atoms with Crippen molar-refractivity contribution in [2.24, 2.45) is 7.05 Å². The lowest BCUT2D eigenvalue weighted by atomic mass is 10.1. The van der Waals surface area contributed by atoms with Crippen molar-refractivity contribution >= 4 is 38.2 Å². The Hall–Kier alpha value is -4.05. The van der Waals surface area contributed by atoms with Crippen molar-refractivity contribution in [1.29, 1.82) is 0 Å². The summed E-state index contributed by atoms with van der Waals surface area (Å²) in [5, 5.41) is 0.743. The zero-order valence-electron chi connectivity index (χ0n) is 20.0. The van der Waals surface area contributed by atoms with Gasteiger partial charge in [-0.3, -0.25) is 14.3 Å². The predicted octanol–water partition coefficient (Wildman–Crippen LogP) is 3.20. The van der Waals surface area contributed by atoms with Crippen LogP contribution in [0.4, 0.5) is 11.4 Å². The molecule has 0 atom stereocenters. The van der Waals surface area contributed by atoms with Crippen LogP contribution < -0.4 is 15.2 Å². The molecule has 1 fully saturated rings. The van der Waals surface area contributed by atoms with E-state index in [4.69, 9.17) is 4.42 Å². The summed E-state index contributed by atoms with van der Waals surface area (Å²) >= 11 is 0. The highest BCUT2D eigenvalue weighted by atomic mass is 32.2. The average molecular weight is 507 g/mol. The molecule has 1 aliphatic rings. The molecule has 0 unspecified atom stereocenters. The summed E-state index contributed by atoms with van der Waals surface area (Å²) in [5.41, 5.74) is 1.66. The highest BCUT2D eigenvalue weighted by molar-refractivity contribution is 7.92. The Kier molecular flexibility index (Phi) is 6.05. The van der Waals surface area contributed by atoms with E-state index in [9.17, 15) is 18.0 Å². The number of aryl methyl sites for hydroxylation is 2. The Morgan fingerprint density at radius 1 is 0.944 bits per heavy atom. The summed E-state index contributed by atoms with van der Waals surface area (Å²) in [6.07, 6.45) is 1.46. The smallest absolute Gasteiger partial charge is 0.289 e. The maximum Gasteiger partial charge on any atom is 0.289 e. The Balaban J connectivity index is 1.55. The molecule has 5 rings (SSSR count). The number of nitrogens with zero attached hydrogens (tertiary/aromatic N) is 3. The Morgan fingerprint density at radius 3 is 2.31 bits per heavy atom. The molecule has 0 aliphatic carbocycles. The van der Waals surface area contributed by atoms with E-state index in [0.717, 1.165) is 10.9 Å². The normalized spacial score (nSPS) is 14.3. The van der Waals surface area contributed by atoms with Crippen LogP contribution in [0.2, 0.25) is 0 Å². The Bertz CT molecular complexity index is 1580. The summed E-state index contributed by atoms with van der Waals surface area (Å²) in [7, 11) is -2.40. The molecule has 0 saturated carbocycles. The third-order valence-corrected chi connectivity index (χ3v) is 7.82. The number of carbonyl (C=O) groups is 1. The van der Waals surface area contributed by atoms with E-state index in [-0.39, 0.29) is 22.3 Å². The highest BCUT2D eigenvalue weighted by Gasteiger charge is 2.29. The SMILES string of the molecule is Cc1ccc(S(=O)(=O)Nc2c(N3CCN(C(=O)c4ccco4)CC3)c3ccccc3n(C)c2=O)cc1. The first-order valence-corrected chi connectivity index (χ1v) is 13.0. The van der Waals surface area contributed by atoms with Crippen molar-refractivity contribution in [3.63, 3.8) is 0 Å². The number of fused-ring (bicyclic) bond motifs is 1. The van der Waals surface area contributed by atoms with Gasteiger partial charge in [-0.1, -0.05) is 35.9 Å². The second-order valence-electron chi connectivity index (χ2n) is 8.78. The van der Waals surface area contributed by atoms with Crippen LogP contribution in [0, 0.1) is 6.92 Å². The maximum absolute atomic E-state index is 13.5. The van der Waals surface area contributed by atoms with Crippen LogP contribution >= 0.6 is 0 Å². The van der Waals surface area contributed by atoms with Gasteiger partial charge >= 0.3 is 0 Å². The van der Waals surface area contributed by atoms with Crippen molar-refractivity contribution in [1.82, 2.24) is 9.47 Å². The largest absolute Gasteiger partial charge is 0.459 e. The third kappa shape index (κ3) is 4.24. The summed E-state index contributed by atoms with van der Waals surface area (Å²) < 4.78 is 35.8. The molecular weight excluding hydrogens is 480 g/mol. The van der Waals surface area contributed by atoms with Crippen LogP contribution in [0.3, 0.4) is 0 Å². The molecule has 36 heavy (non-hydrogen) atoms. The molecule has 3 heterocycles. The van der Waals surface area contributed by atoms with E-state index in [0.29, 0.717) is 37.4 Å². The van der Waals surface area contributed by atoms with Crippen molar-refractivity contribution in [2.75, 3.05) is 35.8 Å². The van der Waals surface area contributed by atoms with Gasteiger partial charge in [-0.25, -0.2) is 8.42 Å². The summed E-state index contributed by atoms with van der Waals surface area (Å²) in [4.78, 5) is 29.9. The summed E-state index contributed by atoms with van der Waals surface area (Å²) in [6, 6.07) is 17.1. The third-order valence-electron chi connectivity index (χ3n) is 6.46. The number of hydrogen-bond acceptors (Lipinski definition) is 6. The van der Waals surface area contributed by atoms with Crippen LogP contribution in [0.25, 0.3) is 10.9 Å². The second kappa shape index (κ2) is 9.19. The van der Waals surface area contributed by atoms with Crippen molar-refractivity contribution in [2.45, 2.75) is 11.8 Å². The molecule has 2 aromatic heterocycles. The van der Waals surface area contributed by atoms with Crippen LogP contribution in [-0.4, -0.2) is 50.0 Å². The monoisotopic (exact) mass is 506 g/mol. The molecule has 1 saturated heterocycles. The fraction of sp³-hybridized carbons (Fsp3) is 0.231. The van der Waals surface area contributed by atoms with Crippen LogP contribution in [0.5, 0.6) is 0 Å². The number of furan rings is 1. The van der Waals surface area contributed by atoms with Crippen LogP contribution in [-0.2, 0) is 17.1 Å². The number of benzene rings is 2. The molecule has 2 aromatic carbocycles. The van der Waals surface area contributed by atoms with Crippen molar-refractivity contribution in [3.05, 3.63) is 88.6 Å². The minimum absolute atomic E-state index is 0.0115. The lowest BCUT2D eigenvalue weighted by molar-refractivity contribution is 0.0715. The van der Waals surface area contributed by atoms with Gasteiger partial charge in [0.15, 0.2) is 5.76 Å². The number of pyridine rings is 1. The van der Waals surface area contributed by atoms with Gasteiger partial charge in [0, 0.05) is 38.6 Å². The van der Waals surface area contributed by atoms with Gasteiger partial charge in [-0.2, -0.15) is 0 Å². The van der Waals surface area contributed by atoms with Gasteiger partial charge in [-0.15, -0.1) is 0 Å². The fourth-order valence-electron chi connectivity index (χ4n) is 4.50. The molecule has 1 amide bonds. The number of para-hydroxylation sites is 1. The standard InChI is InChI=1S/C26H26N4O5S/c1-18-9-11-19(12-10-18)36(33,34)27-23-24(20-6-3-4-7-21(20)28(2)26(23)32)29-13-15-30(16-14-29)25(31)22-8-5-17-35-22/h3-12,17,27H,13-16H2,1-2H3. The van der Waals surface area contributed by atoms with E-state index < -0.39 is 15.6 Å². The molecule has 0 bridgehead atoms. The minimum Gasteiger partial charge on any atom is -0.459 e. The molecule has 10 heteroatoms. The zero-order chi connectivity index (χ0) is 25.4. The van der Waals surface area contributed by atoms with E-state index in [1.165, 1.54) is 23.0 Å². The maximum atomic E-state index is 13.5. The number of nitrogens with one attached hydrogen (secondary N) is 1. The van der Waals surface area contributed by atoms with Gasteiger partial charge < -0.3 is 18.8 Å². The molecule has 0 spiro atoms. The molecule has 0 radical (unpaired) electrons. The predicted molar refractivity (Wildman–Crippen MR) is 138 cm³/mol. The lowest BCUT2D eigenvalue weighted by Crippen LogP contribution is -2.49. The van der Waals surface area contributed by atoms with Crippen molar-refractivity contribution in [3.8, 4) is 0 Å². The molecule has 186 valence electrons. The van der Waals surface area contributed by atoms with Crippen molar-refractivity contribution < 1.29 is 17.6 Å². The Morgan fingerprint density at radius 2 is 1.64 bits per heavy atom. The first-order valence-electron chi connectivity index (χ1n) is 11.6. The number of carbonyl (C=O) groups excluding carboxylic acids is 1. The number of anilines is 2. The number of amides is 1. The number of aromatic nitrogens is 1. The van der Waals surface area contributed by atoms with Gasteiger partial charge in [0.1, 0.15) is 5.69 Å². The lowest BCUT2D eigenvalue weighted by Gasteiger charge is -2.37. The van der Waals surface area contributed by atoms with Gasteiger partial charge in [-0.05, 0) is 37.3 Å². The molecular formula is C26H26N4O5S. The topological polar surface area (TPSA) is 105 Å². The quantitative estimate of drug-likeness (QED) is 0.446. The van der Waals surface area contributed by atoms with Gasteiger partial charge in [0.05, 0.1) is 22.4 Å². The molecule has 9 nitrogen and oxygen atoms in total.